The Bertz CT molecular complexity index is 3890. The van der Waals surface area contributed by atoms with Crippen LogP contribution in [0.15, 0.2) is 328 Å². The summed E-state index contributed by atoms with van der Waals surface area (Å²) in [5.74, 6) is 5.83. The number of hydrogen-bond acceptors (Lipinski definition) is 5. The second-order valence-electron chi connectivity index (χ2n) is 21.4. The first-order valence-electron chi connectivity index (χ1n) is 30.3. The molecule has 11 rings (SSSR count). The lowest BCUT2D eigenvalue weighted by atomic mass is 10.0. The maximum atomic E-state index is 6.39. The van der Waals surface area contributed by atoms with E-state index in [1.165, 1.54) is 79.8 Å². The first-order valence-corrected chi connectivity index (χ1v) is 30.3. The summed E-state index contributed by atoms with van der Waals surface area (Å²) < 4.78 is 0. The highest BCUT2D eigenvalue weighted by molar-refractivity contribution is 14.0. The Hall–Kier alpha value is -9.31. The highest BCUT2D eigenvalue weighted by Gasteiger charge is 2.08. The Labute approximate surface area is 541 Å². The lowest BCUT2D eigenvalue weighted by Gasteiger charge is -2.15. The van der Waals surface area contributed by atoms with Crippen molar-refractivity contribution in [3.05, 3.63) is 378 Å². The quantitative estimate of drug-likeness (QED) is 0.0163. The van der Waals surface area contributed by atoms with Gasteiger partial charge in [0.2, 0.25) is 0 Å². The van der Waals surface area contributed by atoms with Crippen molar-refractivity contribution in [1.82, 2.24) is 10.7 Å². The molecule has 0 fully saturated rings. The summed E-state index contributed by atoms with van der Waals surface area (Å²) >= 11 is 0. The Morgan fingerprint density at radius 3 is 1.64 bits per heavy atom. The van der Waals surface area contributed by atoms with Gasteiger partial charge in [-0.2, -0.15) is 0 Å². The molecule has 0 saturated heterocycles. The normalized spacial score (nSPS) is 11.6. The van der Waals surface area contributed by atoms with Gasteiger partial charge in [-0.1, -0.05) is 316 Å². The van der Waals surface area contributed by atoms with Crippen LogP contribution in [0.1, 0.15) is 81.8 Å². The zero-order valence-electron chi connectivity index (χ0n) is 50.9. The van der Waals surface area contributed by atoms with Crippen LogP contribution < -0.4 is 27.6 Å². The fourth-order valence-corrected chi connectivity index (χ4v) is 10.1. The lowest BCUT2D eigenvalue weighted by Crippen LogP contribution is -2.20. The van der Waals surface area contributed by atoms with Gasteiger partial charge in [0.15, 0.2) is 0 Å². The third-order valence-electron chi connectivity index (χ3n) is 14.9. The summed E-state index contributed by atoms with van der Waals surface area (Å²) in [6.45, 7) is 8.92. The highest BCUT2D eigenvalue weighted by atomic mass is 127. The number of hydrazine groups is 1. The molecule has 1 unspecified atom stereocenters. The van der Waals surface area contributed by atoms with Crippen LogP contribution in [0.3, 0.4) is 0 Å². The maximum Gasteiger partial charge on any atom is 0.0520 e. The molecule has 0 radical (unpaired) electrons. The van der Waals surface area contributed by atoms with E-state index in [0.717, 1.165) is 65.3 Å². The van der Waals surface area contributed by atoms with E-state index in [4.69, 9.17) is 11.6 Å². The van der Waals surface area contributed by atoms with E-state index in [9.17, 15) is 0 Å². The smallest absolute Gasteiger partial charge is 0.0520 e. The number of nitrogens with one attached hydrogen (secondary N) is 3. The summed E-state index contributed by atoms with van der Waals surface area (Å²) in [5, 5.41) is 12.3. The number of rotatable bonds is 21. The minimum atomic E-state index is -0.148. The number of hydrogen-bond donors (Lipinski definition) is 5. The number of anilines is 2. The molecule has 0 saturated carbocycles. The van der Waals surface area contributed by atoms with Crippen LogP contribution in [0.25, 0.3) is 38.5 Å². The van der Waals surface area contributed by atoms with Crippen molar-refractivity contribution in [2.75, 3.05) is 5.32 Å². The van der Waals surface area contributed by atoms with Crippen LogP contribution in [-0.4, -0.2) is 0 Å². The third-order valence-corrected chi connectivity index (χ3v) is 14.9. The highest BCUT2D eigenvalue weighted by Crippen LogP contribution is 2.28. The number of aryl methyl sites for hydroxylation is 3. The monoisotopic (exact) mass is 1270 g/mol. The summed E-state index contributed by atoms with van der Waals surface area (Å²) in [6.07, 6.45) is 19.2. The van der Waals surface area contributed by atoms with Crippen LogP contribution in [0.5, 0.6) is 0 Å². The predicted molar refractivity (Wildman–Crippen MR) is 391 cm³/mol. The van der Waals surface area contributed by atoms with Crippen molar-refractivity contribution >= 4 is 73.9 Å². The molecule has 5 nitrogen and oxygen atoms in total. The molecule has 0 aliphatic heterocycles. The molecule has 0 aliphatic carbocycles. The van der Waals surface area contributed by atoms with Crippen molar-refractivity contribution < 1.29 is 0 Å². The third kappa shape index (κ3) is 21.9. The summed E-state index contributed by atoms with van der Waals surface area (Å²) in [7, 11) is 0. The number of unbranched alkanes of at least 4 members (excludes halogenated alkanes) is 3. The number of halogens is 1. The van der Waals surface area contributed by atoms with Gasteiger partial charge in [0.05, 0.1) is 11.7 Å². The van der Waals surface area contributed by atoms with Gasteiger partial charge in [-0.25, -0.2) is 0 Å². The molecule has 0 aliphatic rings. The van der Waals surface area contributed by atoms with Gasteiger partial charge < -0.3 is 21.8 Å². The van der Waals surface area contributed by atoms with E-state index in [1.807, 2.05) is 72.8 Å². The van der Waals surface area contributed by atoms with Gasteiger partial charge in [0.1, 0.15) is 0 Å². The van der Waals surface area contributed by atoms with E-state index in [1.54, 1.807) is 0 Å². The van der Waals surface area contributed by atoms with Gasteiger partial charge >= 0.3 is 0 Å². The van der Waals surface area contributed by atoms with Crippen molar-refractivity contribution in [2.45, 2.75) is 65.0 Å². The lowest BCUT2D eigenvalue weighted by molar-refractivity contribution is 0.687. The van der Waals surface area contributed by atoms with E-state index in [2.05, 4.69) is 285 Å². The number of allylic oxidation sites excluding steroid dienone is 6. The number of nitrogens with two attached hydrogens (primary N) is 2. The average molecular weight is 1270 g/mol. The first-order chi connectivity index (χ1) is 42.8. The van der Waals surface area contributed by atoms with Gasteiger partial charge in [-0.05, 0) is 136 Å². The molecule has 11 aromatic carbocycles. The standard InChI is InChI=1S/C42H43N3.C22H22N2.C11H10.C7H8.HI/c1-2-14-35(36-28-30-39(31-29-36)44-42-22-13-20-37-19-11-12-21-40(37)42)18-10-5-3-4-7-17-34-23-26-38(27-24-34)41(45-43)32-25-33-15-8-6-9-16-33;23-21(19-12-6-2-7-13-19)16-22(20-14-8-3-9-15-20)24-17-18-10-4-1-5-11-18;1-9-5-4-7-10-6-2-3-8-11(9)10;1-7-5-3-2-4-6-7;/h2,6,8-16,18-24,26-32,44-45H,1,3-5,7,17,25,43H2;1-16,21,24H,17,23H2;2-8H,1H3;2-6H,1H3;1H/b18-10-,35-14+,41-32-;22-16-;;;. The molecule has 6 heteroatoms. The van der Waals surface area contributed by atoms with Crippen LogP contribution in [0.2, 0.25) is 0 Å². The van der Waals surface area contributed by atoms with Gasteiger partial charge in [-0.3, -0.25) is 5.84 Å². The number of fused-ring (bicyclic) bond motifs is 2. The van der Waals surface area contributed by atoms with Crippen molar-refractivity contribution in [2.24, 2.45) is 11.6 Å². The second kappa shape index (κ2) is 37.3. The van der Waals surface area contributed by atoms with E-state index in [-0.39, 0.29) is 30.0 Å². The zero-order valence-corrected chi connectivity index (χ0v) is 53.2. The van der Waals surface area contributed by atoms with Gasteiger partial charge in [-0.15, -0.1) is 24.0 Å². The van der Waals surface area contributed by atoms with Crippen molar-refractivity contribution in [3.8, 4) is 0 Å². The van der Waals surface area contributed by atoms with Crippen LogP contribution in [0, 0.1) is 13.8 Å². The maximum absolute atomic E-state index is 6.39. The first kappa shape index (κ1) is 66.2. The zero-order chi connectivity index (χ0) is 60.5. The Balaban J connectivity index is 0.000000210. The molecule has 1 atom stereocenters. The molecule has 11 aromatic rings. The minimum absolute atomic E-state index is 0. The topological polar surface area (TPSA) is 88.1 Å². The van der Waals surface area contributed by atoms with Gasteiger partial charge in [0, 0.05) is 29.0 Å². The van der Waals surface area contributed by atoms with E-state index >= 15 is 0 Å². The van der Waals surface area contributed by atoms with Gasteiger partial charge in [0.25, 0.3) is 0 Å². The number of benzene rings is 11. The predicted octanol–water partition coefficient (Wildman–Crippen LogP) is 20.8. The Kier molecular flexibility index (Phi) is 28.1. The Morgan fingerprint density at radius 2 is 1.02 bits per heavy atom. The van der Waals surface area contributed by atoms with Crippen LogP contribution in [-0.2, 0) is 19.4 Å². The molecule has 7 N–H and O–H groups in total. The molecule has 0 amide bonds. The molecular weight excluding hydrogens is 1180 g/mol. The molecule has 0 spiro atoms. The molecule has 0 aromatic heterocycles. The SMILES string of the molecule is C=C/C=C(\C=C/CCCCCc1ccc(/C(=C/Cc2ccccc2)NN)cc1)c1ccc(Nc2cccc3ccccc23)cc1.Cc1cccc2ccccc12.Cc1ccccc1.I.NC(/C=C(\NCc1ccccc1)c1ccccc1)c1ccccc1. The average Bonchev–Trinajstić information content (AvgIpc) is 3.71. The van der Waals surface area contributed by atoms with E-state index < -0.39 is 0 Å². The van der Waals surface area contributed by atoms with Crippen LogP contribution >= 0.6 is 24.0 Å². The summed E-state index contributed by atoms with van der Waals surface area (Å²) in [5.41, 5.74) is 25.7. The summed E-state index contributed by atoms with van der Waals surface area (Å²) in [4.78, 5) is 0. The molecule has 444 valence electrons. The van der Waals surface area contributed by atoms with E-state index in [0.29, 0.717) is 0 Å². The fraction of sp³-hybridized carbons (Fsp3) is 0.122. The fourth-order valence-electron chi connectivity index (χ4n) is 10.1. The van der Waals surface area contributed by atoms with Crippen molar-refractivity contribution in [3.63, 3.8) is 0 Å². The Morgan fingerprint density at radius 1 is 0.489 bits per heavy atom. The minimum Gasteiger partial charge on any atom is -0.381 e. The van der Waals surface area contributed by atoms with Crippen LogP contribution in [0.4, 0.5) is 11.4 Å². The molecular formula is C82H84IN5. The summed E-state index contributed by atoms with van der Waals surface area (Å²) in [6, 6.07) is 98.4. The largest absolute Gasteiger partial charge is 0.381 e. The molecule has 88 heavy (non-hydrogen) atoms. The van der Waals surface area contributed by atoms with Crippen molar-refractivity contribution in [1.29, 1.82) is 0 Å². The second-order valence-corrected chi connectivity index (χ2v) is 21.4. The molecule has 0 heterocycles. The molecule has 0 bridgehead atoms.